The van der Waals surface area contributed by atoms with Gasteiger partial charge in [0.25, 0.3) is 0 Å². The Kier molecular flexibility index (Phi) is 3.40. The molecular weight excluding hydrogens is 170 g/mol. The topological polar surface area (TPSA) is 65.5 Å². The normalized spacial score (nSPS) is 11.2. The summed E-state index contributed by atoms with van der Waals surface area (Å²) in [6.07, 6.45) is 4.37. The van der Waals surface area contributed by atoms with Crippen LogP contribution < -0.4 is 0 Å². The minimum absolute atomic E-state index is 0.0221. The van der Waals surface area contributed by atoms with Gasteiger partial charge < -0.3 is 14.9 Å². The number of rotatable bonds is 4. The minimum atomic E-state index is -0.0381. The molecule has 0 atom stereocenters. The van der Waals surface area contributed by atoms with Crippen LogP contribution in [0.4, 0.5) is 0 Å². The molecule has 1 heterocycles. The van der Waals surface area contributed by atoms with Crippen LogP contribution in [0.25, 0.3) is 6.08 Å². The summed E-state index contributed by atoms with van der Waals surface area (Å²) in [5.41, 5.74) is 0.577. The van der Waals surface area contributed by atoms with E-state index in [2.05, 4.69) is 4.98 Å². The van der Waals surface area contributed by atoms with Crippen molar-refractivity contribution >= 4 is 6.08 Å². The molecule has 0 saturated carbocycles. The molecule has 0 spiro atoms. The predicted octanol–water partition coefficient (Wildman–Crippen LogP) is 1.48. The molecule has 1 rings (SSSR count). The Morgan fingerprint density at radius 2 is 2.31 bits per heavy atom. The molecule has 4 heteroatoms. The van der Waals surface area contributed by atoms with E-state index < -0.39 is 0 Å². The largest absolute Gasteiger partial charge is 0.494 e. The number of hydrogen-bond acceptors (Lipinski definition) is 3. The van der Waals surface area contributed by atoms with Crippen molar-refractivity contribution in [1.29, 1.82) is 0 Å². The second kappa shape index (κ2) is 4.57. The van der Waals surface area contributed by atoms with E-state index in [0.717, 1.165) is 6.42 Å². The quantitative estimate of drug-likeness (QED) is 0.619. The third-order valence-electron chi connectivity index (χ3n) is 1.60. The molecule has 0 unspecified atom stereocenters. The monoisotopic (exact) mass is 183 g/mol. The third-order valence-corrected chi connectivity index (χ3v) is 1.60. The van der Waals surface area contributed by atoms with Gasteiger partial charge in [-0.25, -0.2) is 0 Å². The summed E-state index contributed by atoms with van der Waals surface area (Å²) in [4.78, 5) is 2.38. The molecule has 0 aliphatic rings. The van der Waals surface area contributed by atoms with Crippen molar-refractivity contribution < 1.29 is 14.9 Å². The molecule has 13 heavy (non-hydrogen) atoms. The minimum Gasteiger partial charge on any atom is -0.494 e. The third kappa shape index (κ3) is 2.83. The molecule has 0 aliphatic heterocycles. The Balaban J connectivity index is 2.53. The van der Waals surface area contributed by atoms with Gasteiger partial charge in [0, 0.05) is 25.3 Å². The number of nitrogens with one attached hydrogen (secondary N) is 1. The van der Waals surface area contributed by atoms with Crippen LogP contribution in [-0.4, -0.2) is 28.9 Å². The summed E-state index contributed by atoms with van der Waals surface area (Å²) in [5.74, 6) is -0.0601. The Morgan fingerprint density at radius 1 is 1.54 bits per heavy atom. The number of methoxy groups -OCH3 is 1. The molecule has 1 aromatic rings. The standard InChI is InChI=1S/C9H13NO3/c1-13-5-3-2-4-7-6-8(11)10-9(7)12/h2,4,6,10-12H,3,5H2,1H3. The SMILES string of the molecule is COCCC=Cc1cc(O)[nH]c1O. The molecule has 3 N–H and O–H groups in total. The fourth-order valence-electron chi connectivity index (χ4n) is 0.968. The van der Waals surface area contributed by atoms with E-state index in [1.54, 1.807) is 13.2 Å². The van der Waals surface area contributed by atoms with Gasteiger partial charge in [0.15, 0.2) is 11.8 Å². The number of ether oxygens (including phenoxy) is 1. The highest BCUT2D eigenvalue weighted by Gasteiger charge is 2.01. The molecule has 1 aromatic heterocycles. The van der Waals surface area contributed by atoms with Gasteiger partial charge in [-0.05, 0) is 6.42 Å². The maximum atomic E-state index is 9.19. The Bertz CT molecular complexity index is 291. The maximum absolute atomic E-state index is 9.19. The lowest BCUT2D eigenvalue weighted by atomic mass is 10.2. The second-order valence-corrected chi connectivity index (χ2v) is 2.64. The van der Waals surface area contributed by atoms with Crippen molar-refractivity contribution in [3.63, 3.8) is 0 Å². The zero-order chi connectivity index (χ0) is 9.68. The average molecular weight is 183 g/mol. The van der Waals surface area contributed by atoms with Crippen molar-refractivity contribution in [2.24, 2.45) is 0 Å². The van der Waals surface area contributed by atoms with Gasteiger partial charge in [0.05, 0.1) is 0 Å². The molecule has 0 fully saturated rings. The Hall–Kier alpha value is -1.42. The Labute approximate surface area is 76.5 Å². The average Bonchev–Trinajstić information content (AvgIpc) is 2.39. The molecule has 0 bridgehead atoms. The summed E-state index contributed by atoms with van der Waals surface area (Å²) < 4.78 is 4.84. The molecule has 0 aromatic carbocycles. The second-order valence-electron chi connectivity index (χ2n) is 2.64. The lowest BCUT2D eigenvalue weighted by Gasteiger charge is -1.90. The number of hydrogen-bond donors (Lipinski definition) is 3. The van der Waals surface area contributed by atoms with Crippen LogP contribution in [-0.2, 0) is 4.74 Å². The van der Waals surface area contributed by atoms with Crippen LogP contribution in [0, 0.1) is 0 Å². The maximum Gasteiger partial charge on any atom is 0.198 e. The summed E-state index contributed by atoms with van der Waals surface area (Å²) in [6, 6.07) is 1.46. The van der Waals surface area contributed by atoms with Gasteiger partial charge >= 0.3 is 0 Å². The van der Waals surface area contributed by atoms with E-state index in [4.69, 9.17) is 9.84 Å². The molecule has 0 radical (unpaired) electrons. The smallest absolute Gasteiger partial charge is 0.198 e. The first-order valence-electron chi connectivity index (χ1n) is 4.00. The van der Waals surface area contributed by atoms with E-state index in [9.17, 15) is 5.11 Å². The van der Waals surface area contributed by atoms with Crippen LogP contribution in [0.15, 0.2) is 12.1 Å². The van der Waals surface area contributed by atoms with Gasteiger partial charge in [0.2, 0.25) is 0 Å². The summed E-state index contributed by atoms with van der Waals surface area (Å²) in [6.45, 7) is 0.646. The van der Waals surface area contributed by atoms with Crippen LogP contribution in [0.3, 0.4) is 0 Å². The predicted molar refractivity (Wildman–Crippen MR) is 49.6 cm³/mol. The van der Waals surface area contributed by atoms with Crippen LogP contribution in [0.5, 0.6) is 11.8 Å². The Morgan fingerprint density at radius 3 is 2.85 bits per heavy atom. The zero-order valence-corrected chi connectivity index (χ0v) is 7.45. The summed E-state index contributed by atoms with van der Waals surface area (Å²) in [7, 11) is 1.63. The van der Waals surface area contributed by atoms with Crippen molar-refractivity contribution in [2.75, 3.05) is 13.7 Å². The highest BCUT2D eigenvalue weighted by molar-refractivity contribution is 5.56. The van der Waals surface area contributed by atoms with Crippen molar-refractivity contribution in [3.8, 4) is 11.8 Å². The van der Waals surface area contributed by atoms with Crippen molar-refractivity contribution in [3.05, 3.63) is 17.7 Å². The van der Waals surface area contributed by atoms with Crippen molar-refractivity contribution in [2.45, 2.75) is 6.42 Å². The van der Waals surface area contributed by atoms with E-state index in [1.807, 2.05) is 6.08 Å². The van der Waals surface area contributed by atoms with Crippen molar-refractivity contribution in [1.82, 2.24) is 4.98 Å². The first-order chi connectivity index (χ1) is 6.24. The van der Waals surface area contributed by atoms with E-state index in [-0.39, 0.29) is 11.8 Å². The zero-order valence-electron chi connectivity index (χ0n) is 7.45. The van der Waals surface area contributed by atoms with Gasteiger partial charge in [-0.1, -0.05) is 12.2 Å². The van der Waals surface area contributed by atoms with Crippen LogP contribution in [0.2, 0.25) is 0 Å². The molecule has 0 amide bonds. The fourth-order valence-corrected chi connectivity index (χ4v) is 0.968. The number of aromatic amines is 1. The first kappa shape index (κ1) is 9.67. The van der Waals surface area contributed by atoms with Crippen LogP contribution >= 0.6 is 0 Å². The summed E-state index contributed by atoms with van der Waals surface area (Å²) >= 11 is 0. The van der Waals surface area contributed by atoms with Gasteiger partial charge in [-0.2, -0.15) is 0 Å². The molecular formula is C9H13NO3. The van der Waals surface area contributed by atoms with E-state index in [1.165, 1.54) is 6.07 Å². The van der Waals surface area contributed by atoms with E-state index >= 15 is 0 Å². The highest BCUT2D eigenvalue weighted by atomic mass is 16.5. The number of aromatic nitrogens is 1. The molecule has 72 valence electrons. The lowest BCUT2D eigenvalue weighted by Crippen LogP contribution is -1.83. The number of H-pyrrole nitrogens is 1. The number of aromatic hydroxyl groups is 2. The lowest BCUT2D eigenvalue weighted by molar-refractivity contribution is 0.204. The summed E-state index contributed by atoms with van der Waals surface area (Å²) in [5, 5.41) is 18.2. The van der Waals surface area contributed by atoms with E-state index in [0.29, 0.717) is 12.2 Å². The van der Waals surface area contributed by atoms with Gasteiger partial charge in [-0.15, -0.1) is 0 Å². The van der Waals surface area contributed by atoms with Gasteiger partial charge in [0.1, 0.15) is 0 Å². The van der Waals surface area contributed by atoms with Crippen LogP contribution in [0.1, 0.15) is 12.0 Å². The highest BCUT2D eigenvalue weighted by Crippen LogP contribution is 2.22. The van der Waals surface area contributed by atoms with Gasteiger partial charge in [-0.3, -0.25) is 4.98 Å². The fraction of sp³-hybridized carbons (Fsp3) is 0.333. The molecule has 0 saturated heterocycles. The first-order valence-corrected chi connectivity index (χ1v) is 4.00. The molecule has 4 nitrogen and oxygen atoms in total. The molecule has 0 aliphatic carbocycles.